The van der Waals surface area contributed by atoms with Crippen LogP contribution in [0, 0.1) is 6.92 Å². The minimum absolute atomic E-state index is 0.0188. The molecule has 5 rings (SSSR count). The molecule has 1 aliphatic carbocycles. The van der Waals surface area contributed by atoms with Gasteiger partial charge in [0.25, 0.3) is 11.8 Å². The number of thioether (sulfide) groups is 1. The molecule has 4 N–H and O–H groups in total. The number of fused-ring (bicyclic) bond motifs is 1. The highest BCUT2D eigenvalue weighted by atomic mass is 32.2. The van der Waals surface area contributed by atoms with Crippen molar-refractivity contribution in [2.75, 3.05) is 5.88 Å². The predicted octanol–water partition coefficient (Wildman–Crippen LogP) is 4.28. The molecule has 43 heavy (non-hydrogen) atoms. The second-order valence-electron chi connectivity index (χ2n) is 11.9. The summed E-state index contributed by atoms with van der Waals surface area (Å²) in [5, 5.41) is 27.7. The number of aliphatic hydroxyl groups is 1. The first-order chi connectivity index (χ1) is 20.6. The van der Waals surface area contributed by atoms with Gasteiger partial charge in [0.1, 0.15) is 11.8 Å². The van der Waals surface area contributed by atoms with Crippen LogP contribution in [0.5, 0.6) is 5.75 Å². The number of amides is 3. The summed E-state index contributed by atoms with van der Waals surface area (Å²) in [5.74, 6) is -1.16. The van der Waals surface area contributed by atoms with Gasteiger partial charge in [0, 0.05) is 15.9 Å². The Kier molecular flexibility index (Phi) is 9.13. The third kappa shape index (κ3) is 6.58. The maximum absolute atomic E-state index is 14.0. The van der Waals surface area contributed by atoms with Crippen molar-refractivity contribution in [2.45, 2.75) is 75.4 Å². The van der Waals surface area contributed by atoms with E-state index in [2.05, 4.69) is 16.7 Å². The van der Waals surface area contributed by atoms with E-state index in [0.29, 0.717) is 5.56 Å². The SMILES string of the molecule is Cc1c(O)cccc1C(=O)N[C@@H](Cc1ccccc1)[C@H](O)C(=O)N1CSC(C)(C)C1C(=O)N[C@@H]1CCCc2ccccc21. The van der Waals surface area contributed by atoms with Crippen LogP contribution in [-0.2, 0) is 22.4 Å². The molecule has 0 bridgehead atoms. The van der Waals surface area contributed by atoms with Crippen LogP contribution in [0.4, 0.5) is 0 Å². The topological polar surface area (TPSA) is 119 Å². The first kappa shape index (κ1) is 30.6. The van der Waals surface area contributed by atoms with Crippen LogP contribution in [-0.4, -0.2) is 61.6 Å². The first-order valence-electron chi connectivity index (χ1n) is 14.7. The predicted molar refractivity (Wildman–Crippen MR) is 168 cm³/mol. The fraction of sp³-hybridized carbons (Fsp3) is 0.382. The number of phenols is 1. The van der Waals surface area contributed by atoms with E-state index in [-0.39, 0.29) is 35.6 Å². The maximum atomic E-state index is 14.0. The van der Waals surface area contributed by atoms with Crippen molar-refractivity contribution < 1.29 is 24.6 Å². The number of rotatable bonds is 8. The molecule has 0 radical (unpaired) electrons. The van der Waals surface area contributed by atoms with E-state index in [1.165, 1.54) is 28.3 Å². The third-order valence-electron chi connectivity index (χ3n) is 8.56. The molecule has 226 valence electrons. The second kappa shape index (κ2) is 12.8. The summed E-state index contributed by atoms with van der Waals surface area (Å²) in [4.78, 5) is 42.7. The van der Waals surface area contributed by atoms with Gasteiger partial charge in [-0.1, -0.05) is 60.7 Å². The van der Waals surface area contributed by atoms with Crippen LogP contribution in [0.2, 0.25) is 0 Å². The third-order valence-corrected chi connectivity index (χ3v) is 9.94. The van der Waals surface area contributed by atoms with E-state index in [0.717, 1.165) is 30.4 Å². The summed E-state index contributed by atoms with van der Waals surface area (Å²) in [6.45, 7) is 5.50. The molecule has 3 aromatic rings. The summed E-state index contributed by atoms with van der Waals surface area (Å²) in [5.41, 5.74) is 3.81. The lowest BCUT2D eigenvalue weighted by atomic mass is 9.87. The zero-order valence-corrected chi connectivity index (χ0v) is 25.6. The first-order valence-corrected chi connectivity index (χ1v) is 15.7. The molecular weight excluding hydrogens is 562 g/mol. The van der Waals surface area contributed by atoms with E-state index in [4.69, 9.17) is 0 Å². The summed E-state index contributed by atoms with van der Waals surface area (Å²) < 4.78 is -0.593. The van der Waals surface area contributed by atoms with Crippen LogP contribution in [0.15, 0.2) is 72.8 Å². The zero-order valence-electron chi connectivity index (χ0n) is 24.7. The Hall–Kier alpha value is -3.82. The molecule has 3 aromatic carbocycles. The summed E-state index contributed by atoms with van der Waals surface area (Å²) in [6, 6.07) is 20.1. The monoisotopic (exact) mass is 601 g/mol. The van der Waals surface area contributed by atoms with Crippen molar-refractivity contribution in [3.8, 4) is 5.75 Å². The number of hydrogen-bond acceptors (Lipinski definition) is 6. The largest absolute Gasteiger partial charge is 0.508 e. The average molecular weight is 602 g/mol. The fourth-order valence-corrected chi connectivity index (χ4v) is 7.27. The molecule has 9 heteroatoms. The van der Waals surface area contributed by atoms with E-state index >= 15 is 0 Å². The number of carbonyl (C=O) groups is 3. The number of phenolic OH excluding ortho intramolecular Hbond substituents is 1. The van der Waals surface area contributed by atoms with Gasteiger partial charge in [0.15, 0.2) is 6.10 Å². The molecule has 1 aliphatic heterocycles. The molecular formula is C34H39N3O5S. The smallest absolute Gasteiger partial charge is 0.254 e. The lowest BCUT2D eigenvalue weighted by molar-refractivity contribution is -0.147. The molecule has 0 aromatic heterocycles. The molecule has 1 unspecified atom stereocenters. The Balaban J connectivity index is 1.38. The molecule has 1 saturated heterocycles. The quantitative estimate of drug-likeness (QED) is 0.306. The number of hydrogen-bond donors (Lipinski definition) is 4. The molecule has 0 saturated carbocycles. The Labute approximate surface area is 256 Å². The van der Waals surface area contributed by atoms with E-state index in [1.807, 2.05) is 62.4 Å². The van der Waals surface area contributed by atoms with Crippen molar-refractivity contribution in [3.05, 3.63) is 101 Å². The summed E-state index contributed by atoms with van der Waals surface area (Å²) in [7, 11) is 0. The van der Waals surface area contributed by atoms with Gasteiger partial charge < -0.3 is 25.7 Å². The van der Waals surface area contributed by atoms with Gasteiger partial charge in [0.05, 0.1) is 18.0 Å². The average Bonchev–Trinajstić information content (AvgIpc) is 3.32. The van der Waals surface area contributed by atoms with Gasteiger partial charge >= 0.3 is 0 Å². The number of aromatic hydroxyl groups is 1. The molecule has 2 aliphatic rings. The Bertz CT molecular complexity index is 1490. The van der Waals surface area contributed by atoms with Crippen molar-refractivity contribution >= 4 is 29.5 Å². The summed E-state index contributed by atoms with van der Waals surface area (Å²) in [6.07, 6.45) is 1.34. The summed E-state index contributed by atoms with van der Waals surface area (Å²) >= 11 is 1.49. The number of nitrogens with zero attached hydrogens (tertiary/aromatic N) is 1. The lowest BCUT2D eigenvalue weighted by Crippen LogP contribution is -2.59. The fourth-order valence-electron chi connectivity index (χ4n) is 6.13. The van der Waals surface area contributed by atoms with Gasteiger partial charge in [-0.3, -0.25) is 14.4 Å². The Morgan fingerprint density at radius 2 is 1.74 bits per heavy atom. The normalized spacial score (nSPS) is 20.5. The van der Waals surface area contributed by atoms with Gasteiger partial charge in [-0.2, -0.15) is 0 Å². The zero-order chi connectivity index (χ0) is 30.7. The highest BCUT2D eigenvalue weighted by Crippen LogP contribution is 2.40. The standard InChI is InChI=1S/C34H39N3O5S/c1-21-24(16-10-18-28(21)38)31(40)36-27(19-22-11-5-4-6-12-22)29(39)33(42)37-20-43-34(2,3)30(37)32(41)35-26-17-9-14-23-13-7-8-15-25(23)26/h4-8,10-13,15-16,18,26-27,29-30,38-39H,9,14,17,19-20H2,1-3H3,(H,35,41)(H,36,40)/t26-,27+,29+,30?/m1/s1. The maximum Gasteiger partial charge on any atom is 0.254 e. The number of carbonyl (C=O) groups excluding carboxylic acids is 3. The van der Waals surface area contributed by atoms with E-state index in [1.54, 1.807) is 19.1 Å². The minimum atomic E-state index is -1.61. The molecule has 0 spiro atoms. The van der Waals surface area contributed by atoms with Crippen LogP contribution in [0.3, 0.4) is 0 Å². The van der Waals surface area contributed by atoms with Gasteiger partial charge in [-0.15, -0.1) is 11.8 Å². The van der Waals surface area contributed by atoms with Crippen LogP contribution >= 0.6 is 11.8 Å². The highest BCUT2D eigenvalue weighted by molar-refractivity contribution is 8.00. The molecule has 8 nitrogen and oxygen atoms in total. The highest BCUT2D eigenvalue weighted by Gasteiger charge is 2.50. The minimum Gasteiger partial charge on any atom is -0.508 e. The van der Waals surface area contributed by atoms with E-state index < -0.39 is 34.7 Å². The molecule has 3 amide bonds. The number of aliphatic hydroxyl groups excluding tert-OH is 1. The van der Waals surface area contributed by atoms with E-state index in [9.17, 15) is 24.6 Å². The van der Waals surface area contributed by atoms with Gasteiger partial charge in [0.2, 0.25) is 5.91 Å². The van der Waals surface area contributed by atoms with Gasteiger partial charge in [-0.05, 0) is 75.3 Å². The van der Waals surface area contributed by atoms with Crippen molar-refractivity contribution in [2.24, 2.45) is 0 Å². The Morgan fingerprint density at radius 3 is 2.51 bits per heavy atom. The molecule has 1 fully saturated rings. The lowest BCUT2D eigenvalue weighted by Gasteiger charge is -2.35. The van der Waals surface area contributed by atoms with Crippen LogP contribution < -0.4 is 10.6 Å². The van der Waals surface area contributed by atoms with Crippen molar-refractivity contribution in [3.63, 3.8) is 0 Å². The molecule has 1 heterocycles. The van der Waals surface area contributed by atoms with Crippen molar-refractivity contribution in [1.82, 2.24) is 15.5 Å². The number of benzene rings is 3. The number of nitrogens with one attached hydrogen (secondary N) is 2. The second-order valence-corrected chi connectivity index (χ2v) is 13.5. The Morgan fingerprint density at radius 1 is 1.02 bits per heavy atom. The van der Waals surface area contributed by atoms with Crippen molar-refractivity contribution in [1.29, 1.82) is 0 Å². The van der Waals surface area contributed by atoms with Gasteiger partial charge in [-0.25, -0.2) is 0 Å². The van der Waals surface area contributed by atoms with Crippen LogP contribution in [0.25, 0.3) is 0 Å². The van der Waals surface area contributed by atoms with Crippen LogP contribution in [0.1, 0.15) is 65.3 Å². The molecule has 4 atom stereocenters. The number of aryl methyl sites for hydroxylation is 1.